The third-order valence-corrected chi connectivity index (χ3v) is 3.77. The molecule has 0 heterocycles. The molecule has 0 radical (unpaired) electrons. The molecule has 5 heteroatoms. The van der Waals surface area contributed by atoms with Gasteiger partial charge in [0.05, 0.1) is 0 Å². The van der Waals surface area contributed by atoms with Gasteiger partial charge in [0, 0.05) is 41.2 Å². The molecule has 2 rings (SSSR count). The predicted octanol–water partition coefficient (Wildman–Crippen LogP) is 3.89. The lowest BCUT2D eigenvalue weighted by Crippen LogP contribution is -2.13. The Labute approximate surface area is 132 Å². The van der Waals surface area contributed by atoms with E-state index in [-0.39, 0.29) is 0 Å². The molecular weight excluding hydrogens is 334 g/mol. The van der Waals surface area contributed by atoms with Crippen LogP contribution in [0.4, 0.5) is 17.1 Å². The first-order valence-electron chi connectivity index (χ1n) is 6.12. The summed E-state index contributed by atoms with van der Waals surface area (Å²) in [5.41, 5.74) is 9.63. The maximum absolute atomic E-state index is 5.80. The average molecular weight is 350 g/mol. The zero-order valence-electron chi connectivity index (χ0n) is 11.4. The fourth-order valence-electron chi connectivity index (χ4n) is 1.90. The van der Waals surface area contributed by atoms with Crippen molar-refractivity contribution in [3.63, 3.8) is 0 Å². The number of hydrogen-bond acceptors (Lipinski definition) is 3. The molecule has 2 aromatic carbocycles. The van der Waals surface area contributed by atoms with Gasteiger partial charge in [-0.15, -0.1) is 0 Å². The number of hydrogen-bond donors (Lipinski definition) is 2. The van der Waals surface area contributed by atoms with Crippen molar-refractivity contribution in [2.24, 2.45) is 5.73 Å². The number of nitrogens with one attached hydrogen (secondary N) is 1. The predicted molar refractivity (Wildman–Crippen MR) is 94.1 cm³/mol. The minimum Gasteiger partial charge on any atom is -0.389 e. The van der Waals surface area contributed by atoms with Gasteiger partial charge in [0.2, 0.25) is 0 Å². The topological polar surface area (TPSA) is 41.3 Å². The van der Waals surface area contributed by atoms with Crippen LogP contribution in [0.15, 0.2) is 46.9 Å². The van der Waals surface area contributed by atoms with Gasteiger partial charge in [0.15, 0.2) is 0 Å². The molecule has 0 spiro atoms. The summed E-state index contributed by atoms with van der Waals surface area (Å²) in [6, 6.07) is 14.0. The molecule has 0 saturated heterocycles. The molecule has 0 unspecified atom stereocenters. The van der Waals surface area contributed by atoms with Gasteiger partial charge in [-0.1, -0.05) is 24.4 Å². The molecule has 0 aliphatic heterocycles. The Morgan fingerprint density at radius 2 is 1.90 bits per heavy atom. The molecule has 0 aliphatic carbocycles. The van der Waals surface area contributed by atoms with E-state index in [0.29, 0.717) is 4.99 Å². The lowest BCUT2D eigenvalue weighted by molar-refractivity contribution is 1.13. The summed E-state index contributed by atoms with van der Waals surface area (Å²) in [4.78, 5) is 2.42. The summed E-state index contributed by atoms with van der Waals surface area (Å²) >= 11 is 8.60. The van der Waals surface area contributed by atoms with Gasteiger partial charge in [0.25, 0.3) is 0 Å². The third-order valence-electron chi connectivity index (χ3n) is 2.90. The second kappa shape index (κ2) is 6.24. The summed E-state index contributed by atoms with van der Waals surface area (Å²) in [6.07, 6.45) is 0. The minimum atomic E-state index is 0.365. The van der Waals surface area contributed by atoms with Crippen LogP contribution in [0.1, 0.15) is 5.56 Å². The Morgan fingerprint density at radius 1 is 1.20 bits per heavy atom. The average Bonchev–Trinajstić information content (AvgIpc) is 2.38. The molecule has 3 nitrogen and oxygen atoms in total. The van der Waals surface area contributed by atoms with Gasteiger partial charge >= 0.3 is 0 Å². The van der Waals surface area contributed by atoms with Crippen molar-refractivity contribution in [2.45, 2.75) is 0 Å². The number of halogens is 1. The number of anilines is 3. The number of benzene rings is 2. The van der Waals surface area contributed by atoms with E-state index < -0.39 is 0 Å². The summed E-state index contributed by atoms with van der Waals surface area (Å²) in [7, 11) is 4.03. The van der Waals surface area contributed by atoms with Crippen LogP contribution >= 0.6 is 28.1 Å². The first-order chi connectivity index (χ1) is 9.49. The molecule has 2 aromatic rings. The van der Waals surface area contributed by atoms with Crippen LogP contribution in [0.5, 0.6) is 0 Å². The Bertz CT molecular complexity index is 641. The van der Waals surface area contributed by atoms with E-state index in [4.69, 9.17) is 18.0 Å². The quantitative estimate of drug-likeness (QED) is 0.821. The van der Waals surface area contributed by atoms with E-state index in [1.807, 2.05) is 44.4 Å². The molecule has 0 fully saturated rings. The highest BCUT2D eigenvalue weighted by Crippen LogP contribution is 2.28. The molecule has 0 atom stereocenters. The highest BCUT2D eigenvalue weighted by molar-refractivity contribution is 9.10. The van der Waals surface area contributed by atoms with Gasteiger partial charge in [-0.05, 0) is 46.3 Å². The second-order valence-corrected chi connectivity index (χ2v) is 5.89. The van der Waals surface area contributed by atoms with E-state index >= 15 is 0 Å². The van der Waals surface area contributed by atoms with Crippen molar-refractivity contribution in [2.75, 3.05) is 24.3 Å². The summed E-state index contributed by atoms with van der Waals surface area (Å²) in [5, 5.41) is 3.37. The van der Waals surface area contributed by atoms with Crippen molar-refractivity contribution < 1.29 is 0 Å². The third kappa shape index (κ3) is 3.29. The SMILES string of the molecule is CN(C)c1cccc(Nc2cccc(Br)c2C(N)=S)c1. The van der Waals surface area contributed by atoms with E-state index in [2.05, 4.69) is 38.3 Å². The Kier molecular flexibility index (Phi) is 4.62. The van der Waals surface area contributed by atoms with Crippen LogP contribution in [0.25, 0.3) is 0 Å². The van der Waals surface area contributed by atoms with Crippen molar-refractivity contribution in [3.05, 3.63) is 52.5 Å². The fourth-order valence-corrected chi connectivity index (χ4v) is 2.83. The molecule has 104 valence electrons. The highest BCUT2D eigenvalue weighted by Gasteiger charge is 2.09. The van der Waals surface area contributed by atoms with Crippen molar-refractivity contribution in [1.82, 2.24) is 0 Å². The van der Waals surface area contributed by atoms with Crippen molar-refractivity contribution in [1.29, 1.82) is 0 Å². The Morgan fingerprint density at radius 3 is 2.55 bits per heavy atom. The summed E-state index contributed by atoms with van der Waals surface area (Å²) in [6.45, 7) is 0. The zero-order chi connectivity index (χ0) is 14.7. The summed E-state index contributed by atoms with van der Waals surface area (Å²) < 4.78 is 0.888. The van der Waals surface area contributed by atoms with Crippen LogP contribution in [0, 0.1) is 0 Å². The standard InChI is InChI=1S/C15H16BrN3S/c1-19(2)11-6-3-5-10(9-11)18-13-8-4-7-12(16)14(13)15(17)20/h3-9,18H,1-2H3,(H2,17,20). The Balaban J connectivity index is 2.38. The lowest BCUT2D eigenvalue weighted by atomic mass is 10.1. The molecule has 0 bridgehead atoms. The van der Waals surface area contributed by atoms with E-state index in [0.717, 1.165) is 27.1 Å². The Hall–Kier alpha value is -1.59. The van der Waals surface area contributed by atoms with Crippen LogP contribution in [0.2, 0.25) is 0 Å². The fraction of sp³-hybridized carbons (Fsp3) is 0.133. The van der Waals surface area contributed by atoms with Crippen LogP contribution in [0.3, 0.4) is 0 Å². The van der Waals surface area contributed by atoms with E-state index in [1.54, 1.807) is 0 Å². The van der Waals surface area contributed by atoms with Gasteiger partial charge < -0.3 is 16.0 Å². The number of nitrogens with two attached hydrogens (primary N) is 1. The molecule has 0 aromatic heterocycles. The summed E-state index contributed by atoms with van der Waals surface area (Å²) in [5.74, 6) is 0. The normalized spacial score (nSPS) is 10.2. The minimum absolute atomic E-state index is 0.365. The molecule has 3 N–H and O–H groups in total. The first-order valence-corrected chi connectivity index (χ1v) is 7.32. The van der Waals surface area contributed by atoms with Gasteiger partial charge in [0.1, 0.15) is 4.99 Å². The highest BCUT2D eigenvalue weighted by atomic mass is 79.9. The van der Waals surface area contributed by atoms with Gasteiger partial charge in [-0.25, -0.2) is 0 Å². The van der Waals surface area contributed by atoms with Crippen LogP contribution < -0.4 is 16.0 Å². The van der Waals surface area contributed by atoms with Crippen molar-refractivity contribution >= 4 is 50.2 Å². The zero-order valence-corrected chi connectivity index (χ0v) is 13.8. The van der Waals surface area contributed by atoms with Gasteiger partial charge in [-0.3, -0.25) is 0 Å². The monoisotopic (exact) mass is 349 g/mol. The molecule has 0 saturated carbocycles. The lowest BCUT2D eigenvalue weighted by Gasteiger charge is -2.16. The largest absolute Gasteiger partial charge is 0.389 e. The van der Waals surface area contributed by atoms with E-state index in [9.17, 15) is 0 Å². The molecule has 20 heavy (non-hydrogen) atoms. The number of thiocarbonyl (C=S) groups is 1. The second-order valence-electron chi connectivity index (χ2n) is 4.60. The van der Waals surface area contributed by atoms with Crippen molar-refractivity contribution in [3.8, 4) is 0 Å². The van der Waals surface area contributed by atoms with Crippen LogP contribution in [-0.2, 0) is 0 Å². The van der Waals surface area contributed by atoms with E-state index in [1.165, 1.54) is 0 Å². The maximum atomic E-state index is 5.80. The maximum Gasteiger partial charge on any atom is 0.107 e. The first kappa shape index (κ1) is 14.8. The van der Waals surface area contributed by atoms with Gasteiger partial charge in [-0.2, -0.15) is 0 Å². The smallest absolute Gasteiger partial charge is 0.107 e. The number of nitrogens with zero attached hydrogens (tertiary/aromatic N) is 1. The molecule has 0 amide bonds. The number of rotatable bonds is 4. The van der Waals surface area contributed by atoms with Crippen LogP contribution in [-0.4, -0.2) is 19.1 Å². The molecule has 0 aliphatic rings. The molecular formula is C15H16BrN3S.